The van der Waals surface area contributed by atoms with E-state index in [0.717, 1.165) is 25.1 Å². The van der Waals surface area contributed by atoms with Gasteiger partial charge in [0.15, 0.2) is 0 Å². The first-order valence-corrected chi connectivity index (χ1v) is 7.84. The topological polar surface area (TPSA) is 84.8 Å². The number of halogens is 1. The fraction of sp³-hybridized carbons (Fsp3) is 0.353. The van der Waals surface area contributed by atoms with E-state index in [1.807, 2.05) is 11.0 Å². The molecule has 24 heavy (non-hydrogen) atoms. The number of anilines is 2. The van der Waals surface area contributed by atoms with E-state index in [4.69, 9.17) is 0 Å². The van der Waals surface area contributed by atoms with Crippen LogP contribution in [-0.2, 0) is 4.79 Å². The molecule has 1 aliphatic rings. The van der Waals surface area contributed by atoms with Crippen LogP contribution in [0.4, 0.5) is 15.8 Å². The van der Waals surface area contributed by atoms with Gasteiger partial charge in [0.2, 0.25) is 5.91 Å². The predicted octanol–water partition coefficient (Wildman–Crippen LogP) is 2.76. The molecule has 0 spiro atoms. The van der Waals surface area contributed by atoms with E-state index in [9.17, 15) is 14.4 Å². The Morgan fingerprint density at radius 1 is 1.54 bits per heavy atom. The Bertz CT molecular complexity index is 795. The van der Waals surface area contributed by atoms with Gasteiger partial charge in [-0.25, -0.2) is 4.39 Å². The number of aromatic amines is 1. The predicted molar refractivity (Wildman–Crippen MR) is 88.2 cm³/mol. The minimum absolute atomic E-state index is 0.0739. The average Bonchev–Trinajstić information content (AvgIpc) is 3.02. The quantitative estimate of drug-likeness (QED) is 0.908. The third kappa shape index (κ3) is 3.08. The second-order valence-corrected chi connectivity index (χ2v) is 5.91. The Kier molecular flexibility index (Phi) is 4.47. The zero-order valence-corrected chi connectivity index (χ0v) is 13.3. The normalized spacial score (nSPS) is 17.4. The summed E-state index contributed by atoms with van der Waals surface area (Å²) in [6.45, 7) is 2.85. The van der Waals surface area contributed by atoms with E-state index < -0.39 is 5.82 Å². The minimum atomic E-state index is -0.502. The molecule has 0 bridgehead atoms. The number of H-pyrrole nitrogens is 1. The molecule has 0 aliphatic carbocycles. The molecule has 6 nitrogen and oxygen atoms in total. The van der Waals surface area contributed by atoms with Gasteiger partial charge in [0.1, 0.15) is 17.4 Å². The molecule has 1 saturated heterocycles. The fourth-order valence-electron chi connectivity index (χ4n) is 3.22. The summed E-state index contributed by atoms with van der Waals surface area (Å²) >= 11 is 0. The van der Waals surface area contributed by atoms with E-state index in [2.05, 4.69) is 15.5 Å². The van der Waals surface area contributed by atoms with E-state index in [0.29, 0.717) is 17.9 Å². The van der Waals surface area contributed by atoms with Crippen molar-refractivity contribution < 1.29 is 9.18 Å². The van der Waals surface area contributed by atoms with Crippen LogP contribution in [0.5, 0.6) is 0 Å². The van der Waals surface area contributed by atoms with E-state index in [1.165, 1.54) is 13.0 Å². The zero-order chi connectivity index (χ0) is 17.1. The van der Waals surface area contributed by atoms with Crippen molar-refractivity contribution in [2.45, 2.75) is 25.7 Å². The van der Waals surface area contributed by atoms with Crippen LogP contribution >= 0.6 is 0 Å². The average molecular weight is 327 g/mol. The highest BCUT2D eigenvalue weighted by Gasteiger charge is 2.27. The van der Waals surface area contributed by atoms with Crippen molar-refractivity contribution in [1.82, 2.24) is 10.2 Å². The van der Waals surface area contributed by atoms with Crippen molar-refractivity contribution in [3.63, 3.8) is 0 Å². The van der Waals surface area contributed by atoms with Crippen molar-refractivity contribution in [3.05, 3.63) is 41.5 Å². The van der Waals surface area contributed by atoms with Gasteiger partial charge < -0.3 is 10.2 Å². The number of hydrogen-bond donors (Lipinski definition) is 2. The zero-order valence-electron chi connectivity index (χ0n) is 13.3. The molecule has 1 atom stereocenters. The molecule has 7 heteroatoms. The van der Waals surface area contributed by atoms with Crippen LogP contribution in [0.1, 0.15) is 36.9 Å². The van der Waals surface area contributed by atoms with Gasteiger partial charge in [-0.1, -0.05) is 6.07 Å². The molecule has 1 aromatic heterocycles. The number of carbonyl (C=O) groups excluding carboxylic acids is 1. The van der Waals surface area contributed by atoms with Crippen molar-refractivity contribution in [1.29, 1.82) is 5.26 Å². The van der Waals surface area contributed by atoms with Gasteiger partial charge in [-0.2, -0.15) is 10.4 Å². The monoisotopic (exact) mass is 327 g/mol. The summed E-state index contributed by atoms with van der Waals surface area (Å²) in [7, 11) is 0. The number of aromatic nitrogens is 2. The third-order valence-electron chi connectivity index (χ3n) is 4.25. The van der Waals surface area contributed by atoms with Gasteiger partial charge in [-0.3, -0.25) is 9.89 Å². The Morgan fingerprint density at radius 2 is 2.38 bits per heavy atom. The summed E-state index contributed by atoms with van der Waals surface area (Å²) in [5.74, 6) is -0.530. The number of carbonyl (C=O) groups is 1. The first-order chi connectivity index (χ1) is 11.6. The lowest BCUT2D eigenvalue weighted by Crippen LogP contribution is -2.35. The van der Waals surface area contributed by atoms with Crippen LogP contribution < -0.4 is 10.2 Å². The fourth-order valence-corrected chi connectivity index (χ4v) is 3.22. The molecule has 1 amide bonds. The van der Waals surface area contributed by atoms with Gasteiger partial charge in [0.25, 0.3) is 0 Å². The van der Waals surface area contributed by atoms with Gasteiger partial charge in [-0.15, -0.1) is 0 Å². The lowest BCUT2D eigenvalue weighted by molar-refractivity contribution is -0.114. The molecular formula is C17H18FN5O. The summed E-state index contributed by atoms with van der Waals surface area (Å²) in [6.07, 6.45) is 3.44. The number of piperidine rings is 1. The van der Waals surface area contributed by atoms with Gasteiger partial charge in [-0.05, 0) is 25.0 Å². The lowest BCUT2D eigenvalue weighted by atomic mass is 9.93. The Balaban J connectivity index is 1.86. The van der Waals surface area contributed by atoms with Crippen LogP contribution in [0.25, 0.3) is 0 Å². The first kappa shape index (κ1) is 16.0. The molecule has 1 unspecified atom stereocenters. The largest absolute Gasteiger partial charge is 0.370 e. The summed E-state index contributed by atoms with van der Waals surface area (Å²) < 4.78 is 13.9. The van der Waals surface area contributed by atoms with Gasteiger partial charge in [0, 0.05) is 25.9 Å². The maximum absolute atomic E-state index is 13.9. The summed E-state index contributed by atoms with van der Waals surface area (Å²) in [6, 6.07) is 6.64. The molecule has 2 heterocycles. The van der Waals surface area contributed by atoms with Crippen LogP contribution in [0.15, 0.2) is 24.4 Å². The second kappa shape index (κ2) is 6.71. The number of nitrogens with one attached hydrogen (secondary N) is 2. The third-order valence-corrected chi connectivity index (χ3v) is 4.25. The van der Waals surface area contributed by atoms with E-state index in [-0.39, 0.29) is 17.4 Å². The highest BCUT2D eigenvalue weighted by molar-refractivity contribution is 5.89. The first-order valence-electron chi connectivity index (χ1n) is 7.84. The lowest BCUT2D eigenvalue weighted by Gasteiger charge is -2.34. The molecule has 1 aromatic carbocycles. The number of amides is 1. The van der Waals surface area contributed by atoms with Gasteiger partial charge in [0.05, 0.1) is 23.3 Å². The Labute approximate surface area is 139 Å². The summed E-state index contributed by atoms with van der Waals surface area (Å²) in [4.78, 5) is 13.3. The molecule has 3 rings (SSSR count). The van der Waals surface area contributed by atoms with Crippen LogP contribution in [-0.4, -0.2) is 29.2 Å². The maximum atomic E-state index is 13.9. The van der Waals surface area contributed by atoms with Crippen molar-refractivity contribution in [2.75, 3.05) is 23.3 Å². The molecule has 2 N–H and O–H groups in total. The van der Waals surface area contributed by atoms with Crippen LogP contribution in [0.3, 0.4) is 0 Å². The minimum Gasteiger partial charge on any atom is -0.370 e. The number of nitriles is 1. The molecule has 2 aromatic rings. The standard InChI is InChI=1S/C17H18FN5O/c1-11(24)21-15-9-20-22-17(15)12-4-3-7-23(10-12)16-6-2-5-14(18)13(16)8-19/h2,5-6,9,12H,3-4,7,10H2,1H3,(H,20,22)(H,21,24). The molecule has 124 valence electrons. The maximum Gasteiger partial charge on any atom is 0.221 e. The van der Waals surface area contributed by atoms with Crippen LogP contribution in [0.2, 0.25) is 0 Å². The molecule has 0 radical (unpaired) electrons. The molecule has 1 aliphatic heterocycles. The summed E-state index contributed by atoms with van der Waals surface area (Å²) in [5.41, 5.74) is 2.23. The summed E-state index contributed by atoms with van der Waals surface area (Å²) in [5, 5.41) is 19.0. The molecule has 1 fully saturated rings. The number of benzene rings is 1. The van der Waals surface area contributed by atoms with Crippen molar-refractivity contribution in [3.8, 4) is 6.07 Å². The van der Waals surface area contributed by atoms with E-state index in [1.54, 1.807) is 18.3 Å². The van der Waals surface area contributed by atoms with Crippen molar-refractivity contribution in [2.24, 2.45) is 0 Å². The number of nitrogens with zero attached hydrogens (tertiary/aromatic N) is 3. The highest BCUT2D eigenvalue weighted by atomic mass is 19.1. The molecular weight excluding hydrogens is 309 g/mol. The highest BCUT2D eigenvalue weighted by Crippen LogP contribution is 2.34. The number of rotatable bonds is 3. The second-order valence-electron chi connectivity index (χ2n) is 5.91. The smallest absolute Gasteiger partial charge is 0.221 e. The Hall–Kier alpha value is -2.88. The Morgan fingerprint density at radius 3 is 3.12 bits per heavy atom. The number of hydrogen-bond acceptors (Lipinski definition) is 4. The molecule has 0 saturated carbocycles. The SMILES string of the molecule is CC(=O)Nc1cn[nH]c1C1CCCN(c2cccc(F)c2C#N)C1. The van der Waals surface area contributed by atoms with Crippen LogP contribution in [0, 0.1) is 17.1 Å². The van der Waals surface area contributed by atoms with Gasteiger partial charge >= 0.3 is 0 Å². The van der Waals surface area contributed by atoms with E-state index >= 15 is 0 Å². The van der Waals surface area contributed by atoms with Crippen molar-refractivity contribution >= 4 is 17.3 Å².